The van der Waals surface area contributed by atoms with Crippen molar-refractivity contribution in [1.29, 1.82) is 0 Å². The molecule has 0 aliphatic rings. The van der Waals surface area contributed by atoms with Gasteiger partial charge in [0.2, 0.25) is 5.88 Å². The van der Waals surface area contributed by atoms with E-state index in [1.54, 1.807) is 55.1 Å². The first kappa shape index (κ1) is 24.4. The van der Waals surface area contributed by atoms with Gasteiger partial charge in [0.25, 0.3) is 5.56 Å². The normalized spacial score (nSPS) is 10.2. The van der Waals surface area contributed by atoms with Crippen molar-refractivity contribution in [3.05, 3.63) is 114 Å². The van der Waals surface area contributed by atoms with Crippen LogP contribution in [0.1, 0.15) is 11.1 Å². The van der Waals surface area contributed by atoms with Crippen LogP contribution < -0.4 is 10.3 Å². The lowest BCUT2D eigenvalue weighted by atomic mass is 10.3. The van der Waals surface area contributed by atoms with Crippen molar-refractivity contribution in [2.45, 2.75) is 13.2 Å². The molecule has 0 aliphatic carbocycles. The van der Waals surface area contributed by atoms with Crippen LogP contribution >= 0.6 is 55.1 Å². The molecule has 10 heteroatoms. The van der Waals surface area contributed by atoms with E-state index in [0.29, 0.717) is 29.3 Å². The number of aromatic nitrogens is 4. The molecule has 0 aromatic carbocycles. The summed E-state index contributed by atoms with van der Waals surface area (Å²) >= 11 is 18.4. The fraction of sp³-hybridized carbons (Fsp3) is 0.0909. The number of rotatable bonds is 5. The predicted octanol–water partition coefficient (Wildman–Crippen LogP) is 6.18. The molecule has 6 nitrogen and oxygen atoms in total. The van der Waals surface area contributed by atoms with Gasteiger partial charge in [-0.15, -0.1) is 0 Å². The lowest BCUT2D eigenvalue weighted by molar-refractivity contribution is 0.293. The molecular formula is C22H16Br2Cl2N4O2. The van der Waals surface area contributed by atoms with Crippen LogP contribution in [0.15, 0.2) is 87.1 Å². The Morgan fingerprint density at radius 2 is 1.53 bits per heavy atom. The summed E-state index contributed by atoms with van der Waals surface area (Å²) in [7, 11) is 0. The summed E-state index contributed by atoms with van der Waals surface area (Å²) in [5, 5.41) is 0.845. The van der Waals surface area contributed by atoms with Gasteiger partial charge in [0, 0.05) is 51.4 Å². The number of pyridine rings is 4. The predicted molar refractivity (Wildman–Crippen MR) is 132 cm³/mol. The highest BCUT2D eigenvalue weighted by molar-refractivity contribution is 9.10. The van der Waals surface area contributed by atoms with Gasteiger partial charge in [-0.25, -0.2) is 4.98 Å². The Kier molecular flexibility index (Phi) is 9.23. The molecular weight excluding hydrogens is 583 g/mol. The number of hydrogen-bond acceptors (Lipinski definition) is 5. The Hall–Kier alpha value is -2.26. The van der Waals surface area contributed by atoms with Gasteiger partial charge in [-0.1, -0.05) is 35.3 Å². The Morgan fingerprint density at radius 1 is 0.875 bits per heavy atom. The molecule has 4 heterocycles. The summed E-state index contributed by atoms with van der Waals surface area (Å²) in [5.41, 5.74) is 1.77. The third-order valence-corrected chi connectivity index (χ3v) is 5.34. The number of hydrogen-bond donors (Lipinski definition) is 0. The zero-order chi connectivity index (χ0) is 22.9. The Bertz CT molecular complexity index is 1210. The lowest BCUT2D eigenvalue weighted by Gasteiger charge is -2.07. The van der Waals surface area contributed by atoms with Crippen molar-refractivity contribution < 1.29 is 4.74 Å². The third-order valence-electron chi connectivity index (χ3n) is 3.94. The summed E-state index contributed by atoms with van der Waals surface area (Å²) in [4.78, 5) is 23.7. The maximum atomic E-state index is 11.6. The number of halogens is 4. The molecule has 0 saturated heterocycles. The SMILES string of the molecule is Clc1cccc(OCc2cncc(Br)c2)n1.O=c1cccc(Cl)n1Cc1cncc(Br)c1. The summed E-state index contributed by atoms with van der Waals surface area (Å²) in [6.07, 6.45) is 6.87. The van der Waals surface area contributed by atoms with Crippen molar-refractivity contribution in [2.75, 3.05) is 0 Å². The number of nitrogens with zero attached hydrogens (tertiary/aromatic N) is 4. The van der Waals surface area contributed by atoms with E-state index in [0.717, 1.165) is 20.1 Å². The van der Waals surface area contributed by atoms with Crippen molar-refractivity contribution in [3.8, 4) is 5.88 Å². The Morgan fingerprint density at radius 3 is 2.19 bits per heavy atom. The molecule has 0 radical (unpaired) electrons. The largest absolute Gasteiger partial charge is 0.473 e. The number of ether oxygens (including phenoxy) is 1. The highest BCUT2D eigenvalue weighted by Gasteiger charge is 2.03. The maximum absolute atomic E-state index is 11.6. The van der Waals surface area contributed by atoms with Gasteiger partial charge in [0.15, 0.2) is 0 Å². The topological polar surface area (TPSA) is 69.9 Å². The second-order valence-electron chi connectivity index (χ2n) is 6.38. The minimum absolute atomic E-state index is 0.118. The monoisotopic (exact) mass is 596 g/mol. The van der Waals surface area contributed by atoms with Crippen molar-refractivity contribution >= 4 is 55.1 Å². The molecule has 0 amide bonds. The minimum atomic E-state index is -0.118. The van der Waals surface area contributed by atoms with Gasteiger partial charge in [-0.3, -0.25) is 19.3 Å². The van der Waals surface area contributed by atoms with Crippen LogP contribution in [0.4, 0.5) is 0 Å². The maximum Gasteiger partial charge on any atom is 0.251 e. The molecule has 0 saturated carbocycles. The van der Waals surface area contributed by atoms with Crippen LogP contribution in [-0.2, 0) is 13.2 Å². The highest BCUT2D eigenvalue weighted by atomic mass is 79.9. The summed E-state index contributed by atoms with van der Waals surface area (Å²) in [6, 6.07) is 13.9. The second kappa shape index (κ2) is 12.1. The van der Waals surface area contributed by atoms with E-state index in [1.807, 2.05) is 12.1 Å². The first-order chi connectivity index (χ1) is 15.4. The Balaban J connectivity index is 0.000000181. The van der Waals surface area contributed by atoms with Gasteiger partial charge in [-0.2, -0.15) is 0 Å². The quantitative estimate of drug-likeness (QED) is 0.257. The molecule has 4 aromatic heterocycles. The average Bonchev–Trinajstić information content (AvgIpc) is 2.76. The molecule has 0 aliphatic heterocycles. The van der Waals surface area contributed by atoms with Crippen LogP contribution in [0.5, 0.6) is 5.88 Å². The van der Waals surface area contributed by atoms with Gasteiger partial charge in [0.1, 0.15) is 16.9 Å². The molecule has 164 valence electrons. The van der Waals surface area contributed by atoms with E-state index in [4.69, 9.17) is 27.9 Å². The van der Waals surface area contributed by atoms with Crippen LogP contribution in [0.25, 0.3) is 0 Å². The van der Waals surface area contributed by atoms with Crippen molar-refractivity contribution in [1.82, 2.24) is 19.5 Å². The molecule has 0 atom stereocenters. The van der Waals surface area contributed by atoms with E-state index in [-0.39, 0.29) is 5.56 Å². The van der Waals surface area contributed by atoms with Crippen LogP contribution in [0.2, 0.25) is 10.3 Å². The standard InChI is InChI=1S/2C11H8BrClN2O/c12-9-4-8(5-14-6-9)7-16-11-3-1-2-10(13)15-11;12-9-4-8(5-14-6-9)7-15-10(13)2-1-3-11(15)16/h2*1-6H,7H2. The second-order valence-corrected chi connectivity index (χ2v) is 8.99. The van der Waals surface area contributed by atoms with Gasteiger partial charge < -0.3 is 4.74 Å². The Labute approximate surface area is 211 Å². The first-order valence-corrected chi connectivity index (χ1v) is 11.5. The van der Waals surface area contributed by atoms with E-state index < -0.39 is 0 Å². The zero-order valence-corrected chi connectivity index (χ0v) is 21.1. The van der Waals surface area contributed by atoms with Crippen LogP contribution in [0, 0.1) is 0 Å². The smallest absolute Gasteiger partial charge is 0.251 e. The van der Waals surface area contributed by atoms with Gasteiger partial charge in [-0.05, 0) is 61.7 Å². The average molecular weight is 599 g/mol. The molecule has 0 spiro atoms. The van der Waals surface area contributed by atoms with E-state index >= 15 is 0 Å². The van der Waals surface area contributed by atoms with Gasteiger partial charge >= 0.3 is 0 Å². The van der Waals surface area contributed by atoms with Crippen molar-refractivity contribution in [2.24, 2.45) is 0 Å². The summed E-state index contributed by atoms with van der Waals surface area (Å²) < 4.78 is 8.77. The molecule has 32 heavy (non-hydrogen) atoms. The van der Waals surface area contributed by atoms with Crippen LogP contribution in [-0.4, -0.2) is 19.5 Å². The molecule has 0 N–H and O–H groups in total. The molecule has 0 bridgehead atoms. The fourth-order valence-electron chi connectivity index (χ4n) is 2.54. The lowest BCUT2D eigenvalue weighted by Crippen LogP contribution is -2.19. The van der Waals surface area contributed by atoms with Gasteiger partial charge in [0.05, 0.1) is 6.54 Å². The summed E-state index contributed by atoms with van der Waals surface area (Å²) in [5.74, 6) is 0.507. The third kappa shape index (κ3) is 7.70. The fourth-order valence-corrected chi connectivity index (χ4v) is 3.73. The molecule has 4 aromatic rings. The first-order valence-electron chi connectivity index (χ1n) is 9.20. The molecule has 0 unspecified atom stereocenters. The van der Waals surface area contributed by atoms with Crippen molar-refractivity contribution in [3.63, 3.8) is 0 Å². The zero-order valence-electron chi connectivity index (χ0n) is 16.5. The van der Waals surface area contributed by atoms with E-state index in [1.165, 1.54) is 10.6 Å². The summed E-state index contributed by atoms with van der Waals surface area (Å²) in [6.45, 7) is 0.838. The molecule has 4 rings (SSSR count). The van der Waals surface area contributed by atoms with Crippen LogP contribution in [0.3, 0.4) is 0 Å². The van der Waals surface area contributed by atoms with E-state index in [9.17, 15) is 4.79 Å². The highest BCUT2D eigenvalue weighted by Crippen LogP contribution is 2.15. The minimum Gasteiger partial charge on any atom is -0.473 e. The molecule has 0 fully saturated rings. The van der Waals surface area contributed by atoms with E-state index in [2.05, 4.69) is 46.8 Å².